The highest BCUT2D eigenvalue weighted by molar-refractivity contribution is 7.09. The number of thiazole rings is 1. The summed E-state index contributed by atoms with van der Waals surface area (Å²) in [5, 5.41) is 14.4. The van der Waals surface area contributed by atoms with Gasteiger partial charge in [0, 0.05) is 38.0 Å². The van der Waals surface area contributed by atoms with E-state index in [-0.39, 0.29) is 5.91 Å². The zero-order valence-corrected chi connectivity index (χ0v) is 19.8. The molecule has 172 valence electrons. The van der Waals surface area contributed by atoms with Crippen LogP contribution >= 0.6 is 11.3 Å². The Morgan fingerprint density at radius 3 is 2.52 bits per heavy atom. The average molecular weight is 462 g/mol. The third kappa shape index (κ3) is 5.18. The highest BCUT2D eigenvalue weighted by Gasteiger charge is 2.37. The number of piperidine rings is 1. The number of carbonyl (C=O) groups excluding carboxylic acids is 1. The zero-order valence-electron chi connectivity index (χ0n) is 18.9. The van der Waals surface area contributed by atoms with E-state index in [4.69, 9.17) is 4.98 Å². The van der Waals surface area contributed by atoms with Crippen LogP contribution in [0.1, 0.15) is 46.7 Å². The van der Waals surface area contributed by atoms with Crippen LogP contribution in [0, 0.1) is 0 Å². The first-order valence-corrected chi connectivity index (χ1v) is 12.8. The molecule has 6 heteroatoms. The van der Waals surface area contributed by atoms with Gasteiger partial charge >= 0.3 is 0 Å². The van der Waals surface area contributed by atoms with Crippen LogP contribution in [0.25, 0.3) is 0 Å². The molecular formula is C27H31N3O2S. The maximum atomic E-state index is 12.7. The molecule has 0 saturated carbocycles. The lowest BCUT2D eigenvalue weighted by Crippen LogP contribution is -2.45. The van der Waals surface area contributed by atoms with Crippen molar-refractivity contribution < 1.29 is 9.90 Å². The smallest absolute Gasteiger partial charge is 0.222 e. The van der Waals surface area contributed by atoms with E-state index in [0.29, 0.717) is 32.4 Å². The molecule has 2 aromatic carbocycles. The average Bonchev–Trinajstić information content (AvgIpc) is 3.33. The van der Waals surface area contributed by atoms with Gasteiger partial charge in [0.2, 0.25) is 5.91 Å². The monoisotopic (exact) mass is 461 g/mol. The van der Waals surface area contributed by atoms with Gasteiger partial charge in [-0.05, 0) is 42.4 Å². The third-order valence-corrected chi connectivity index (χ3v) is 7.84. The Labute approximate surface area is 199 Å². The summed E-state index contributed by atoms with van der Waals surface area (Å²) in [6, 6.07) is 18.8. The molecule has 33 heavy (non-hydrogen) atoms. The van der Waals surface area contributed by atoms with E-state index >= 15 is 0 Å². The molecule has 1 amide bonds. The second-order valence-electron chi connectivity index (χ2n) is 9.25. The fraction of sp³-hybridized carbons (Fsp3) is 0.407. The first-order chi connectivity index (χ1) is 16.1. The number of rotatable bonds is 6. The van der Waals surface area contributed by atoms with Crippen LogP contribution in [-0.4, -0.2) is 45.4 Å². The molecule has 0 bridgehead atoms. The van der Waals surface area contributed by atoms with Crippen molar-refractivity contribution in [3.63, 3.8) is 0 Å². The predicted octanol–water partition coefficient (Wildman–Crippen LogP) is 4.14. The Balaban J connectivity index is 1.14. The molecule has 3 heterocycles. The Kier molecular flexibility index (Phi) is 6.58. The molecule has 0 spiro atoms. The van der Waals surface area contributed by atoms with Gasteiger partial charge in [-0.2, -0.15) is 0 Å². The highest BCUT2D eigenvalue weighted by atomic mass is 32.1. The molecule has 3 aromatic rings. The highest BCUT2D eigenvalue weighted by Crippen LogP contribution is 2.34. The molecule has 1 N–H and O–H groups in total. The minimum Gasteiger partial charge on any atom is -0.383 e. The summed E-state index contributed by atoms with van der Waals surface area (Å²) in [6.07, 6.45) is 3.44. The van der Waals surface area contributed by atoms with Crippen molar-refractivity contribution in [3.05, 3.63) is 87.4 Å². The standard InChI is InChI=1S/C27H31N3O2S/c31-26(11-10-21-6-2-1-3-7-21)30-16-13-27(32,14-17-30)24-20-33-25(28-24)19-29-15-12-22-8-4-5-9-23(22)18-29/h1-9,20,32H,10-19H2. The summed E-state index contributed by atoms with van der Waals surface area (Å²) < 4.78 is 0. The molecule has 2 aliphatic rings. The SMILES string of the molecule is O=C(CCc1ccccc1)N1CCC(O)(c2csc(CN3CCc4ccccc4C3)n2)CC1. The van der Waals surface area contributed by atoms with Crippen LogP contribution in [0.3, 0.4) is 0 Å². The van der Waals surface area contributed by atoms with Crippen LogP contribution in [0.2, 0.25) is 0 Å². The van der Waals surface area contributed by atoms with E-state index in [1.807, 2.05) is 28.5 Å². The number of likely N-dealkylation sites (tertiary alicyclic amines) is 1. The van der Waals surface area contributed by atoms with Crippen molar-refractivity contribution in [2.45, 2.75) is 50.8 Å². The quantitative estimate of drug-likeness (QED) is 0.599. The van der Waals surface area contributed by atoms with Crippen molar-refractivity contribution in [3.8, 4) is 0 Å². The van der Waals surface area contributed by atoms with Crippen molar-refractivity contribution >= 4 is 17.2 Å². The molecule has 1 fully saturated rings. The molecule has 1 aromatic heterocycles. The minimum absolute atomic E-state index is 0.172. The largest absolute Gasteiger partial charge is 0.383 e. The lowest BCUT2D eigenvalue weighted by atomic mass is 9.88. The molecule has 1 saturated heterocycles. The lowest BCUT2D eigenvalue weighted by molar-refractivity contribution is -0.135. The number of nitrogens with zero attached hydrogens (tertiary/aromatic N) is 3. The Morgan fingerprint density at radius 2 is 1.73 bits per heavy atom. The molecule has 2 aliphatic heterocycles. The molecule has 0 atom stereocenters. The molecular weight excluding hydrogens is 430 g/mol. The summed E-state index contributed by atoms with van der Waals surface area (Å²) in [5.74, 6) is 0.172. The summed E-state index contributed by atoms with van der Waals surface area (Å²) in [5.41, 5.74) is 3.89. The number of aliphatic hydroxyl groups is 1. The van der Waals surface area contributed by atoms with Gasteiger partial charge in [0.1, 0.15) is 10.6 Å². The van der Waals surface area contributed by atoms with Crippen molar-refractivity contribution in [1.29, 1.82) is 0 Å². The second kappa shape index (κ2) is 9.75. The first-order valence-electron chi connectivity index (χ1n) is 11.9. The van der Waals surface area contributed by atoms with Gasteiger partial charge in [0.15, 0.2) is 0 Å². The zero-order chi connectivity index (χ0) is 22.7. The van der Waals surface area contributed by atoms with Gasteiger partial charge in [-0.15, -0.1) is 11.3 Å². The number of amides is 1. The van der Waals surface area contributed by atoms with Crippen LogP contribution in [0.15, 0.2) is 60.0 Å². The van der Waals surface area contributed by atoms with Gasteiger partial charge in [0.25, 0.3) is 0 Å². The lowest BCUT2D eigenvalue weighted by Gasteiger charge is -2.37. The molecule has 0 unspecified atom stereocenters. The maximum Gasteiger partial charge on any atom is 0.222 e. The van der Waals surface area contributed by atoms with Crippen LogP contribution in [0.4, 0.5) is 0 Å². The summed E-state index contributed by atoms with van der Waals surface area (Å²) in [7, 11) is 0. The van der Waals surface area contributed by atoms with Crippen molar-refractivity contribution in [2.24, 2.45) is 0 Å². The number of aromatic nitrogens is 1. The molecule has 5 nitrogen and oxygen atoms in total. The van der Waals surface area contributed by atoms with Crippen molar-refractivity contribution in [1.82, 2.24) is 14.8 Å². The van der Waals surface area contributed by atoms with Gasteiger partial charge in [-0.25, -0.2) is 4.98 Å². The van der Waals surface area contributed by atoms with Crippen LogP contribution in [-0.2, 0) is 36.3 Å². The third-order valence-electron chi connectivity index (χ3n) is 7.01. The van der Waals surface area contributed by atoms with Gasteiger partial charge in [-0.3, -0.25) is 9.69 Å². The number of hydrogen-bond acceptors (Lipinski definition) is 5. The van der Waals surface area contributed by atoms with E-state index in [0.717, 1.165) is 43.2 Å². The van der Waals surface area contributed by atoms with Gasteiger partial charge < -0.3 is 10.0 Å². The van der Waals surface area contributed by atoms with Crippen LogP contribution < -0.4 is 0 Å². The number of aryl methyl sites for hydroxylation is 1. The van der Waals surface area contributed by atoms with Crippen LogP contribution in [0.5, 0.6) is 0 Å². The summed E-state index contributed by atoms with van der Waals surface area (Å²) in [4.78, 5) is 21.8. The number of fused-ring (bicyclic) bond motifs is 1. The number of benzene rings is 2. The molecule has 0 aliphatic carbocycles. The Hall–Kier alpha value is -2.54. The Morgan fingerprint density at radius 1 is 1.00 bits per heavy atom. The van der Waals surface area contributed by atoms with Gasteiger partial charge in [0.05, 0.1) is 12.2 Å². The van der Waals surface area contributed by atoms with E-state index in [2.05, 4.69) is 41.3 Å². The molecule has 5 rings (SSSR count). The molecule has 0 radical (unpaired) electrons. The normalized spacial score (nSPS) is 18.2. The summed E-state index contributed by atoms with van der Waals surface area (Å²) in [6.45, 7) is 3.98. The Bertz CT molecular complexity index is 1090. The fourth-order valence-electron chi connectivity index (χ4n) is 4.91. The number of carbonyl (C=O) groups is 1. The van der Waals surface area contributed by atoms with E-state index < -0.39 is 5.60 Å². The minimum atomic E-state index is -0.931. The fourth-order valence-corrected chi connectivity index (χ4v) is 5.84. The van der Waals surface area contributed by atoms with Crippen molar-refractivity contribution in [2.75, 3.05) is 19.6 Å². The predicted molar refractivity (Wildman–Crippen MR) is 131 cm³/mol. The topological polar surface area (TPSA) is 56.7 Å². The second-order valence-corrected chi connectivity index (χ2v) is 10.2. The van der Waals surface area contributed by atoms with Gasteiger partial charge in [-0.1, -0.05) is 54.6 Å². The van der Waals surface area contributed by atoms with E-state index in [1.54, 1.807) is 11.3 Å². The maximum absolute atomic E-state index is 12.7. The summed E-state index contributed by atoms with van der Waals surface area (Å²) >= 11 is 1.64. The number of hydrogen-bond donors (Lipinski definition) is 1. The van der Waals surface area contributed by atoms with E-state index in [9.17, 15) is 9.90 Å². The first kappa shape index (κ1) is 22.3. The van der Waals surface area contributed by atoms with E-state index in [1.165, 1.54) is 16.7 Å².